The van der Waals surface area contributed by atoms with Crippen LogP contribution in [0.4, 0.5) is 0 Å². The fourth-order valence-electron chi connectivity index (χ4n) is 3.40. The van der Waals surface area contributed by atoms with Crippen LogP contribution < -0.4 is 0 Å². The lowest BCUT2D eigenvalue weighted by Crippen LogP contribution is -1.88. The first-order valence-corrected chi connectivity index (χ1v) is 11.3. The molecule has 33 heavy (non-hydrogen) atoms. The molecule has 0 aliphatic heterocycles. The minimum Gasteiger partial charge on any atom is -0.507 e. The molecule has 0 aromatic heterocycles. The summed E-state index contributed by atoms with van der Waals surface area (Å²) in [5.74, 6) is -0.213. The van der Waals surface area contributed by atoms with E-state index in [0.717, 1.165) is 18.4 Å². The lowest BCUT2D eigenvalue weighted by Gasteiger charge is -2.08. The molecule has 4 N–H and O–H groups in total. The van der Waals surface area contributed by atoms with Crippen LogP contribution in [0.1, 0.15) is 69.7 Å². The first-order chi connectivity index (χ1) is 15.6. The minimum absolute atomic E-state index is 0.0371. The summed E-state index contributed by atoms with van der Waals surface area (Å²) in [6, 6.07) is 6.52. The van der Waals surface area contributed by atoms with Crippen molar-refractivity contribution in [1.82, 2.24) is 0 Å². The number of rotatable bonds is 9. The van der Waals surface area contributed by atoms with Crippen LogP contribution in [-0.2, 0) is 12.8 Å². The third kappa shape index (κ3) is 8.23. The normalized spacial score (nSPS) is 11.6. The molecular formula is C29H36O4. The molecule has 176 valence electrons. The number of benzene rings is 2. The van der Waals surface area contributed by atoms with Gasteiger partial charge in [0, 0.05) is 11.1 Å². The van der Waals surface area contributed by atoms with Gasteiger partial charge in [-0.3, -0.25) is 0 Å². The molecule has 0 bridgehead atoms. The zero-order valence-electron chi connectivity index (χ0n) is 20.3. The summed E-state index contributed by atoms with van der Waals surface area (Å²) in [6.07, 6.45) is 12.7. The highest BCUT2D eigenvalue weighted by atomic mass is 16.3. The molecule has 0 radical (unpaired) electrons. The number of phenols is 4. The summed E-state index contributed by atoms with van der Waals surface area (Å²) >= 11 is 0. The zero-order chi connectivity index (χ0) is 24.5. The SMILES string of the molecule is CC(C)=CCC/C(C)=C/Cc1cc(/C=C/c2cc(O)c(CC=C(C)C)c(O)c2)cc(O)c1O. The van der Waals surface area contributed by atoms with E-state index in [1.807, 2.05) is 26.0 Å². The fraction of sp³-hybridized carbons (Fsp3) is 0.310. The van der Waals surface area contributed by atoms with Crippen molar-refractivity contribution < 1.29 is 20.4 Å². The standard InChI is InChI=1S/C29H36O4/c1-19(2)7-6-8-21(5)10-13-24-15-22(18-28(32)29(24)33)11-12-23-16-26(30)25(27(31)17-23)14-9-20(3)4/h7,9-12,15-18,30-33H,6,8,13-14H2,1-5H3/b12-11+,21-10+. The second-order valence-electron chi connectivity index (χ2n) is 8.98. The summed E-state index contributed by atoms with van der Waals surface area (Å²) in [5.41, 5.74) is 6.11. The van der Waals surface area contributed by atoms with Crippen LogP contribution in [0.25, 0.3) is 12.2 Å². The van der Waals surface area contributed by atoms with Gasteiger partial charge in [-0.1, -0.05) is 47.1 Å². The van der Waals surface area contributed by atoms with Gasteiger partial charge < -0.3 is 20.4 Å². The van der Waals surface area contributed by atoms with Crippen LogP contribution in [-0.4, -0.2) is 20.4 Å². The number of aromatic hydroxyl groups is 4. The summed E-state index contributed by atoms with van der Waals surface area (Å²) in [4.78, 5) is 0. The Morgan fingerprint density at radius 2 is 1.21 bits per heavy atom. The Bertz CT molecular complexity index is 1070. The van der Waals surface area contributed by atoms with Crippen LogP contribution in [0.3, 0.4) is 0 Å². The quantitative estimate of drug-likeness (QED) is 0.183. The third-order valence-electron chi connectivity index (χ3n) is 5.36. The van der Waals surface area contributed by atoms with Crippen LogP contribution in [0.5, 0.6) is 23.0 Å². The van der Waals surface area contributed by atoms with E-state index < -0.39 is 0 Å². The molecule has 2 aromatic carbocycles. The van der Waals surface area contributed by atoms with E-state index in [0.29, 0.717) is 35.1 Å². The summed E-state index contributed by atoms with van der Waals surface area (Å²) in [5, 5.41) is 41.1. The van der Waals surface area contributed by atoms with Gasteiger partial charge in [-0.2, -0.15) is 0 Å². The number of phenolic OH excluding ortho intramolecular Hbond substituents is 4. The zero-order valence-corrected chi connectivity index (χ0v) is 20.3. The Hall–Kier alpha value is -3.40. The van der Waals surface area contributed by atoms with Crippen molar-refractivity contribution in [2.75, 3.05) is 0 Å². The number of hydrogen-bond acceptors (Lipinski definition) is 4. The first kappa shape index (κ1) is 25.9. The second kappa shape index (κ2) is 12.0. The Balaban J connectivity index is 2.21. The van der Waals surface area contributed by atoms with E-state index in [9.17, 15) is 20.4 Å². The largest absolute Gasteiger partial charge is 0.507 e. The van der Waals surface area contributed by atoms with Crippen molar-refractivity contribution >= 4 is 12.2 Å². The number of allylic oxidation sites excluding steroid dienone is 6. The average molecular weight is 449 g/mol. The maximum Gasteiger partial charge on any atom is 0.161 e. The Morgan fingerprint density at radius 1 is 0.667 bits per heavy atom. The summed E-state index contributed by atoms with van der Waals surface area (Å²) < 4.78 is 0. The fourth-order valence-corrected chi connectivity index (χ4v) is 3.40. The summed E-state index contributed by atoms with van der Waals surface area (Å²) in [7, 11) is 0. The molecule has 4 nitrogen and oxygen atoms in total. The average Bonchev–Trinajstić information content (AvgIpc) is 2.72. The minimum atomic E-state index is -0.175. The van der Waals surface area contributed by atoms with Crippen molar-refractivity contribution in [3.63, 3.8) is 0 Å². The van der Waals surface area contributed by atoms with E-state index in [1.54, 1.807) is 24.3 Å². The van der Waals surface area contributed by atoms with Gasteiger partial charge in [-0.15, -0.1) is 0 Å². The van der Waals surface area contributed by atoms with Gasteiger partial charge in [-0.25, -0.2) is 0 Å². The molecule has 0 saturated heterocycles. The third-order valence-corrected chi connectivity index (χ3v) is 5.36. The van der Waals surface area contributed by atoms with Gasteiger partial charge in [0.2, 0.25) is 0 Å². The van der Waals surface area contributed by atoms with Gasteiger partial charge in [0.05, 0.1) is 0 Å². The Labute approximate surface area is 197 Å². The molecule has 4 heteroatoms. The molecule has 0 fully saturated rings. The molecule has 0 aliphatic carbocycles. The lowest BCUT2D eigenvalue weighted by atomic mass is 10.0. The van der Waals surface area contributed by atoms with Crippen molar-refractivity contribution in [2.45, 2.75) is 60.3 Å². The predicted molar refractivity (Wildman–Crippen MR) is 138 cm³/mol. The van der Waals surface area contributed by atoms with Gasteiger partial charge in [-0.05, 0) is 95.7 Å². The molecule has 0 atom stereocenters. The lowest BCUT2D eigenvalue weighted by molar-refractivity contribution is 0.400. The highest BCUT2D eigenvalue weighted by Gasteiger charge is 2.09. The van der Waals surface area contributed by atoms with E-state index in [1.165, 1.54) is 17.2 Å². The molecule has 2 aromatic rings. The predicted octanol–water partition coefficient (Wildman–Crippen LogP) is 7.42. The monoisotopic (exact) mass is 448 g/mol. The Morgan fingerprint density at radius 3 is 1.79 bits per heavy atom. The molecule has 2 rings (SSSR count). The topological polar surface area (TPSA) is 80.9 Å². The van der Waals surface area contributed by atoms with E-state index in [4.69, 9.17) is 0 Å². The molecule has 0 aliphatic rings. The smallest absolute Gasteiger partial charge is 0.161 e. The van der Waals surface area contributed by atoms with Crippen molar-refractivity contribution in [1.29, 1.82) is 0 Å². The van der Waals surface area contributed by atoms with Crippen LogP contribution in [0.15, 0.2) is 59.2 Å². The first-order valence-electron chi connectivity index (χ1n) is 11.3. The molecule has 0 amide bonds. The van der Waals surface area contributed by atoms with E-state index in [2.05, 4.69) is 32.9 Å². The molecule has 0 heterocycles. The summed E-state index contributed by atoms with van der Waals surface area (Å²) in [6.45, 7) is 10.2. The highest BCUT2D eigenvalue weighted by Crippen LogP contribution is 2.33. The van der Waals surface area contributed by atoms with Gasteiger partial charge in [0.15, 0.2) is 11.5 Å². The van der Waals surface area contributed by atoms with Gasteiger partial charge in [0.1, 0.15) is 11.5 Å². The van der Waals surface area contributed by atoms with Crippen LogP contribution in [0.2, 0.25) is 0 Å². The van der Waals surface area contributed by atoms with Gasteiger partial charge in [0.25, 0.3) is 0 Å². The van der Waals surface area contributed by atoms with Crippen LogP contribution >= 0.6 is 0 Å². The van der Waals surface area contributed by atoms with Crippen molar-refractivity contribution in [2.24, 2.45) is 0 Å². The van der Waals surface area contributed by atoms with Crippen molar-refractivity contribution in [3.8, 4) is 23.0 Å². The van der Waals surface area contributed by atoms with Crippen molar-refractivity contribution in [3.05, 3.63) is 81.5 Å². The maximum absolute atomic E-state index is 10.3. The molecule has 0 saturated carbocycles. The Kier molecular flexibility index (Phi) is 9.41. The molecule has 0 unspecified atom stereocenters. The maximum atomic E-state index is 10.3. The van der Waals surface area contributed by atoms with Crippen LogP contribution in [0, 0.1) is 0 Å². The van der Waals surface area contributed by atoms with E-state index in [-0.39, 0.29) is 23.0 Å². The second-order valence-corrected chi connectivity index (χ2v) is 8.98. The molecule has 0 spiro atoms. The molecular weight excluding hydrogens is 412 g/mol. The highest BCUT2D eigenvalue weighted by molar-refractivity contribution is 5.73. The number of hydrogen-bond donors (Lipinski definition) is 4. The van der Waals surface area contributed by atoms with E-state index >= 15 is 0 Å². The van der Waals surface area contributed by atoms with Gasteiger partial charge >= 0.3 is 0 Å².